The number of sulfonamides is 1. The fourth-order valence-corrected chi connectivity index (χ4v) is 5.08. The standard InChI is InChI=1S/C30H22F3N3O2S/c1-21-12-14-22(15-13-21)27-20-28(30(31,32)33)34-36(27)25-16-18-26(19-17-25)39(37,38)35-29(23-8-4-2-5-9-23)24-10-6-3-7-11-24/h2-20H,1H3. The van der Waals surface area contributed by atoms with Crippen molar-refractivity contribution < 1.29 is 21.6 Å². The number of halogens is 3. The normalized spacial score (nSPS) is 11.8. The number of aryl methyl sites for hydroxylation is 1. The van der Waals surface area contributed by atoms with Gasteiger partial charge in [0.1, 0.15) is 0 Å². The minimum absolute atomic E-state index is 0.101. The molecule has 5 aromatic rings. The molecule has 0 fully saturated rings. The second-order valence-electron chi connectivity index (χ2n) is 8.83. The summed E-state index contributed by atoms with van der Waals surface area (Å²) in [6.07, 6.45) is -4.64. The number of hydrogen-bond acceptors (Lipinski definition) is 3. The first-order chi connectivity index (χ1) is 18.6. The quantitative estimate of drug-likeness (QED) is 0.214. The molecule has 196 valence electrons. The Balaban J connectivity index is 1.56. The molecule has 0 spiro atoms. The molecule has 5 rings (SSSR count). The Morgan fingerprint density at radius 3 is 1.82 bits per heavy atom. The molecule has 1 heterocycles. The summed E-state index contributed by atoms with van der Waals surface area (Å²) in [4.78, 5) is -0.101. The van der Waals surface area contributed by atoms with Crippen LogP contribution in [0.1, 0.15) is 22.4 Å². The summed E-state index contributed by atoms with van der Waals surface area (Å²) in [5.41, 5.74) is 2.49. The van der Waals surface area contributed by atoms with E-state index in [1.807, 2.05) is 19.1 Å². The average Bonchev–Trinajstić information content (AvgIpc) is 3.40. The summed E-state index contributed by atoms with van der Waals surface area (Å²) in [5, 5.41) is 3.78. The van der Waals surface area contributed by atoms with Crippen molar-refractivity contribution in [1.29, 1.82) is 0 Å². The first-order valence-corrected chi connectivity index (χ1v) is 13.4. The molecule has 1 aromatic heterocycles. The van der Waals surface area contributed by atoms with Gasteiger partial charge in [0.05, 0.1) is 22.0 Å². The van der Waals surface area contributed by atoms with Gasteiger partial charge in [0.2, 0.25) is 0 Å². The predicted octanol–water partition coefficient (Wildman–Crippen LogP) is 7.09. The number of nitrogens with zero attached hydrogens (tertiary/aromatic N) is 3. The lowest BCUT2D eigenvalue weighted by Gasteiger charge is -2.10. The maximum atomic E-state index is 13.5. The summed E-state index contributed by atoms with van der Waals surface area (Å²) < 4.78 is 72.6. The number of benzene rings is 4. The van der Waals surface area contributed by atoms with Crippen LogP contribution in [0.4, 0.5) is 13.2 Å². The maximum Gasteiger partial charge on any atom is 0.435 e. The summed E-state index contributed by atoms with van der Waals surface area (Å²) in [6.45, 7) is 1.88. The SMILES string of the molecule is Cc1ccc(-c2cc(C(F)(F)F)nn2-c2ccc(S(=O)(=O)N=C(c3ccccc3)c3ccccc3)cc2)cc1. The highest BCUT2D eigenvalue weighted by Crippen LogP contribution is 2.33. The van der Waals surface area contributed by atoms with Crippen LogP contribution in [-0.2, 0) is 16.2 Å². The van der Waals surface area contributed by atoms with Crippen LogP contribution < -0.4 is 0 Å². The molecule has 4 aromatic carbocycles. The van der Waals surface area contributed by atoms with Crippen LogP contribution in [0.5, 0.6) is 0 Å². The molecule has 0 unspecified atom stereocenters. The lowest BCUT2D eigenvalue weighted by Crippen LogP contribution is -2.09. The van der Waals surface area contributed by atoms with E-state index in [0.29, 0.717) is 16.7 Å². The monoisotopic (exact) mass is 545 g/mol. The Morgan fingerprint density at radius 1 is 0.769 bits per heavy atom. The molecule has 9 heteroatoms. The van der Waals surface area contributed by atoms with Gasteiger partial charge in [0.25, 0.3) is 10.0 Å². The summed E-state index contributed by atoms with van der Waals surface area (Å²) in [5.74, 6) is 0. The largest absolute Gasteiger partial charge is 0.435 e. The second-order valence-corrected chi connectivity index (χ2v) is 10.4. The molecular weight excluding hydrogens is 523 g/mol. The second kappa shape index (κ2) is 10.3. The predicted molar refractivity (Wildman–Crippen MR) is 144 cm³/mol. The van der Waals surface area contributed by atoms with Gasteiger partial charge in [-0.05, 0) is 37.3 Å². The van der Waals surface area contributed by atoms with Crippen molar-refractivity contribution in [3.05, 3.63) is 138 Å². The van der Waals surface area contributed by atoms with Gasteiger partial charge in [-0.3, -0.25) is 0 Å². The highest BCUT2D eigenvalue weighted by atomic mass is 32.2. The van der Waals surface area contributed by atoms with E-state index < -0.39 is 21.9 Å². The van der Waals surface area contributed by atoms with Crippen LogP contribution in [0.25, 0.3) is 16.9 Å². The van der Waals surface area contributed by atoms with E-state index in [2.05, 4.69) is 9.50 Å². The minimum atomic E-state index is -4.64. The van der Waals surface area contributed by atoms with Gasteiger partial charge >= 0.3 is 6.18 Å². The van der Waals surface area contributed by atoms with E-state index in [1.54, 1.807) is 72.8 Å². The molecule has 0 aliphatic carbocycles. The molecule has 0 aliphatic heterocycles. The van der Waals surface area contributed by atoms with Crippen molar-refractivity contribution in [2.24, 2.45) is 4.40 Å². The highest BCUT2D eigenvalue weighted by Gasteiger charge is 2.35. The molecular formula is C30H22F3N3O2S. The van der Waals surface area contributed by atoms with E-state index in [-0.39, 0.29) is 22.0 Å². The summed E-state index contributed by atoms with van der Waals surface area (Å²) in [7, 11) is -4.16. The molecule has 0 saturated heterocycles. The van der Waals surface area contributed by atoms with Gasteiger partial charge in [0, 0.05) is 16.7 Å². The number of hydrogen-bond donors (Lipinski definition) is 0. The molecule has 0 radical (unpaired) electrons. The van der Waals surface area contributed by atoms with Crippen molar-refractivity contribution in [3.8, 4) is 16.9 Å². The maximum absolute atomic E-state index is 13.5. The first-order valence-electron chi connectivity index (χ1n) is 11.9. The van der Waals surface area contributed by atoms with Crippen molar-refractivity contribution in [2.45, 2.75) is 18.0 Å². The van der Waals surface area contributed by atoms with Crippen LogP contribution in [0.2, 0.25) is 0 Å². The highest BCUT2D eigenvalue weighted by molar-refractivity contribution is 7.90. The Kier molecular flexibility index (Phi) is 6.93. The van der Waals surface area contributed by atoms with Crippen LogP contribution in [0, 0.1) is 6.92 Å². The molecule has 0 amide bonds. The third-order valence-corrected chi connectivity index (χ3v) is 7.32. The molecule has 0 atom stereocenters. The van der Waals surface area contributed by atoms with Crippen molar-refractivity contribution in [1.82, 2.24) is 9.78 Å². The van der Waals surface area contributed by atoms with Gasteiger partial charge in [-0.25, -0.2) is 4.68 Å². The summed E-state index contributed by atoms with van der Waals surface area (Å²) >= 11 is 0. The lowest BCUT2D eigenvalue weighted by atomic mass is 10.0. The van der Waals surface area contributed by atoms with Crippen LogP contribution in [-0.4, -0.2) is 23.9 Å². The van der Waals surface area contributed by atoms with Crippen LogP contribution >= 0.6 is 0 Å². The van der Waals surface area contributed by atoms with Crippen molar-refractivity contribution in [3.63, 3.8) is 0 Å². The van der Waals surface area contributed by atoms with Gasteiger partial charge < -0.3 is 0 Å². The Morgan fingerprint density at radius 2 is 1.31 bits per heavy atom. The summed E-state index contributed by atoms with van der Waals surface area (Å²) in [6, 6.07) is 31.4. The molecule has 39 heavy (non-hydrogen) atoms. The van der Waals surface area contributed by atoms with Crippen LogP contribution in [0.15, 0.2) is 125 Å². The lowest BCUT2D eigenvalue weighted by molar-refractivity contribution is -0.141. The fraction of sp³-hybridized carbons (Fsp3) is 0.0667. The Labute approximate surface area is 224 Å². The van der Waals surface area contributed by atoms with Gasteiger partial charge in [-0.2, -0.15) is 31.1 Å². The van der Waals surface area contributed by atoms with Crippen LogP contribution in [0.3, 0.4) is 0 Å². The zero-order valence-corrected chi connectivity index (χ0v) is 21.5. The van der Waals surface area contributed by atoms with Gasteiger partial charge in [0.15, 0.2) is 5.69 Å². The third-order valence-electron chi connectivity index (χ3n) is 6.03. The Bertz CT molecular complexity index is 1690. The molecule has 0 aliphatic rings. The molecule has 0 N–H and O–H groups in total. The van der Waals surface area contributed by atoms with E-state index in [1.165, 1.54) is 24.3 Å². The van der Waals surface area contributed by atoms with Crippen molar-refractivity contribution >= 4 is 15.7 Å². The molecule has 5 nitrogen and oxygen atoms in total. The zero-order valence-electron chi connectivity index (χ0n) is 20.7. The van der Waals surface area contributed by atoms with E-state index >= 15 is 0 Å². The van der Waals surface area contributed by atoms with E-state index in [0.717, 1.165) is 16.3 Å². The number of rotatable bonds is 6. The zero-order chi connectivity index (χ0) is 27.6. The topological polar surface area (TPSA) is 64.3 Å². The number of aromatic nitrogens is 2. The smallest absolute Gasteiger partial charge is 0.233 e. The van der Waals surface area contributed by atoms with Gasteiger partial charge in [-0.15, -0.1) is 0 Å². The van der Waals surface area contributed by atoms with E-state index in [4.69, 9.17) is 0 Å². The average molecular weight is 546 g/mol. The van der Waals surface area contributed by atoms with E-state index in [9.17, 15) is 21.6 Å². The molecule has 0 bridgehead atoms. The molecule has 0 saturated carbocycles. The third kappa shape index (κ3) is 5.68. The first kappa shape index (κ1) is 26.1. The van der Waals surface area contributed by atoms with Crippen molar-refractivity contribution in [2.75, 3.05) is 0 Å². The number of alkyl halides is 3. The minimum Gasteiger partial charge on any atom is -0.233 e. The Hall–Kier alpha value is -4.50. The fourth-order valence-electron chi connectivity index (χ4n) is 4.04. The van der Waals surface area contributed by atoms with Gasteiger partial charge in [-0.1, -0.05) is 90.5 Å².